The van der Waals surface area contributed by atoms with Crippen LogP contribution in [-0.2, 0) is 6.18 Å². The Morgan fingerprint density at radius 1 is 1.00 bits per heavy atom. The standard InChI is InChI=1S/C14H7F4N3O3/c15-6-1-5(14(16,17)18)2-7(3-6)21-9(22)4-8-10(11(21)19)13(24)20-12(8)23/h1-4H,19H2,(H,20,23,24). The van der Waals surface area contributed by atoms with E-state index in [0.29, 0.717) is 16.7 Å². The van der Waals surface area contributed by atoms with E-state index in [4.69, 9.17) is 5.73 Å². The maximum Gasteiger partial charge on any atom is 0.416 e. The number of hydrogen-bond acceptors (Lipinski definition) is 4. The molecule has 0 saturated heterocycles. The molecule has 2 amide bonds. The Bertz CT molecular complexity index is 963. The molecule has 2 heterocycles. The number of fused-ring (bicyclic) bond motifs is 1. The van der Waals surface area contributed by atoms with Gasteiger partial charge >= 0.3 is 6.18 Å². The molecule has 2 aromatic rings. The number of halogens is 4. The highest BCUT2D eigenvalue weighted by Gasteiger charge is 2.34. The van der Waals surface area contributed by atoms with Crippen molar-refractivity contribution < 1.29 is 27.2 Å². The molecule has 24 heavy (non-hydrogen) atoms. The number of nitrogens with one attached hydrogen (secondary N) is 1. The largest absolute Gasteiger partial charge is 0.416 e. The van der Waals surface area contributed by atoms with Gasteiger partial charge in [-0.3, -0.25) is 24.3 Å². The Morgan fingerprint density at radius 2 is 1.67 bits per heavy atom. The third-order valence-corrected chi connectivity index (χ3v) is 3.42. The number of alkyl halides is 3. The second-order valence-electron chi connectivity index (χ2n) is 4.97. The lowest BCUT2D eigenvalue weighted by Gasteiger charge is -2.14. The summed E-state index contributed by atoms with van der Waals surface area (Å²) in [6, 6.07) is 2.19. The summed E-state index contributed by atoms with van der Waals surface area (Å²) in [4.78, 5) is 35.3. The molecule has 0 fully saturated rings. The fourth-order valence-corrected chi connectivity index (χ4v) is 2.41. The molecule has 1 aromatic heterocycles. The Morgan fingerprint density at radius 3 is 2.29 bits per heavy atom. The van der Waals surface area contributed by atoms with E-state index in [0.717, 1.165) is 6.07 Å². The first-order valence-corrected chi connectivity index (χ1v) is 6.39. The fraction of sp³-hybridized carbons (Fsp3) is 0.0714. The maximum absolute atomic E-state index is 13.5. The Hall–Kier alpha value is -3.17. The van der Waals surface area contributed by atoms with E-state index in [1.54, 1.807) is 0 Å². The van der Waals surface area contributed by atoms with Gasteiger partial charge < -0.3 is 5.73 Å². The van der Waals surface area contributed by atoms with Gasteiger partial charge in [0.2, 0.25) is 0 Å². The number of pyridine rings is 1. The molecule has 3 N–H and O–H groups in total. The lowest BCUT2D eigenvalue weighted by atomic mass is 10.1. The molecular weight excluding hydrogens is 334 g/mol. The quantitative estimate of drug-likeness (QED) is 0.607. The minimum absolute atomic E-state index is 0.258. The number of nitrogens with zero attached hydrogens (tertiary/aromatic N) is 1. The van der Waals surface area contributed by atoms with Crippen LogP contribution in [-0.4, -0.2) is 16.4 Å². The highest BCUT2D eigenvalue weighted by molar-refractivity contribution is 6.23. The first-order chi connectivity index (χ1) is 11.1. The van der Waals surface area contributed by atoms with Gasteiger partial charge in [0.05, 0.1) is 22.4 Å². The van der Waals surface area contributed by atoms with Crippen LogP contribution in [0.15, 0.2) is 29.1 Å². The summed E-state index contributed by atoms with van der Waals surface area (Å²) in [7, 11) is 0. The fourth-order valence-electron chi connectivity index (χ4n) is 2.41. The topological polar surface area (TPSA) is 94.2 Å². The summed E-state index contributed by atoms with van der Waals surface area (Å²) in [5.41, 5.74) is 2.22. The molecule has 124 valence electrons. The lowest BCUT2D eigenvalue weighted by Crippen LogP contribution is -2.24. The average molecular weight is 341 g/mol. The third kappa shape index (κ3) is 2.32. The summed E-state index contributed by atoms with van der Waals surface area (Å²) >= 11 is 0. The van der Waals surface area contributed by atoms with Crippen LogP contribution < -0.4 is 16.6 Å². The van der Waals surface area contributed by atoms with Crippen LogP contribution in [0.25, 0.3) is 5.69 Å². The zero-order chi connectivity index (χ0) is 17.8. The first kappa shape index (κ1) is 15.7. The SMILES string of the molecule is Nc1c2c(cc(=O)n1-c1cc(F)cc(C(F)(F)F)c1)C(=O)NC2=O. The van der Waals surface area contributed by atoms with E-state index < -0.39 is 46.4 Å². The van der Waals surface area contributed by atoms with Crippen LogP contribution in [0.4, 0.5) is 23.4 Å². The Balaban J connectivity index is 2.31. The van der Waals surface area contributed by atoms with Crippen molar-refractivity contribution in [2.75, 3.05) is 5.73 Å². The molecule has 1 aliphatic rings. The molecule has 0 aliphatic carbocycles. The van der Waals surface area contributed by atoms with Gasteiger partial charge in [-0.15, -0.1) is 0 Å². The van der Waals surface area contributed by atoms with E-state index >= 15 is 0 Å². The minimum Gasteiger partial charge on any atom is -0.384 e. The molecule has 0 spiro atoms. The number of hydrogen-bond donors (Lipinski definition) is 2. The number of imide groups is 1. The van der Waals surface area contributed by atoms with Gasteiger partial charge in [0.1, 0.15) is 11.6 Å². The van der Waals surface area contributed by atoms with Gasteiger partial charge in [-0.25, -0.2) is 4.39 Å². The number of amides is 2. The second kappa shape index (κ2) is 4.91. The van der Waals surface area contributed by atoms with Crippen LogP contribution >= 0.6 is 0 Å². The van der Waals surface area contributed by atoms with Crippen molar-refractivity contribution in [1.82, 2.24) is 9.88 Å². The predicted octanol–water partition coefficient (Wildman–Crippen LogP) is 1.46. The number of aromatic nitrogens is 1. The zero-order valence-electron chi connectivity index (χ0n) is 11.6. The second-order valence-corrected chi connectivity index (χ2v) is 4.97. The summed E-state index contributed by atoms with van der Waals surface area (Å²) in [5.74, 6) is -3.54. The van der Waals surface area contributed by atoms with E-state index in [9.17, 15) is 31.9 Å². The highest BCUT2D eigenvalue weighted by Crippen LogP contribution is 2.32. The number of carbonyl (C=O) groups is 2. The molecule has 1 aliphatic heterocycles. The molecule has 0 saturated carbocycles. The molecule has 6 nitrogen and oxygen atoms in total. The summed E-state index contributed by atoms with van der Waals surface area (Å²) < 4.78 is 52.5. The van der Waals surface area contributed by atoms with E-state index in [2.05, 4.69) is 0 Å². The molecule has 0 radical (unpaired) electrons. The van der Waals surface area contributed by atoms with Crippen molar-refractivity contribution in [2.45, 2.75) is 6.18 Å². The van der Waals surface area contributed by atoms with Crippen LogP contribution in [0.3, 0.4) is 0 Å². The number of anilines is 1. The first-order valence-electron chi connectivity index (χ1n) is 6.39. The van der Waals surface area contributed by atoms with Crippen LogP contribution in [0, 0.1) is 5.82 Å². The molecule has 1 aromatic carbocycles. The van der Waals surface area contributed by atoms with Crippen LogP contribution in [0.5, 0.6) is 0 Å². The molecule has 0 atom stereocenters. The van der Waals surface area contributed by atoms with Gasteiger partial charge in [-0.1, -0.05) is 0 Å². The third-order valence-electron chi connectivity index (χ3n) is 3.42. The zero-order valence-corrected chi connectivity index (χ0v) is 11.6. The maximum atomic E-state index is 13.5. The number of carbonyl (C=O) groups excluding carboxylic acids is 2. The van der Waals surface area contributed by atoms with Crippen LogP contribution in [0.1, 0.15) is 26.3 Å². The summed E-state index contributed by atoms with van der Waals surface area (Å²) in [6.45, 7) is 0. The van der Waals surface area contributed by atoms with Crippen molar-refractivity contribution in [1.29, 1.82) is 0 Å². The number of benzene rings is 1. The number of rotatable bonds is 1. The monoisotopic (exact) mass is 341 g/mol. The van der Waals surface area contributed by atoms with Crippen molar-refractivity contribution in [3.63, 3.8) is 0 Å². The van der Waals surface area contributed by atoms with Gasteiger partial charge in [0.15, 0.2) is 0 Å². The van der Waals surface area contributed by atoms with E-state index in [-0.39, 0.29) is 17.2 Å². The lowest BCUT2D eigenvalue weighted by molar-refractivity contribution is -0.137. The van der Waals surface area contributed by atoms with Gasteiger partial charge in [0, 0.05) is 6.07 Å². The Labute approximate surface area is 130 Å². The normalized spacial score (nSPS) is 13.8. The number of nitrogens with two attached hydrogens (primary N) is 1. The van der Waals surface area contributed by atoms with Crippen molar-refractivity contribution in [2.24, 2.45) is 0 Å². The molecular formula is C14H7F4N3O3. The van der Waals surface area contributed by atoms with Crippen molar-refractivity contribution in [3.8, 4) is 5.69 Å². The highest BCUT2D eigenvalue weighted by atomic mass is 19.4. The van der Waals surface area contributed by atoms with Crippen LogP contribution in [0.2, 0.25) is 0 Å². The molecule has 0 bridgehead atoms. The summed E-state index contributed by atoms with van der Waals surface area (Å²) in [6.07, 6.45) is -4.85. The minimum atomic E-state index is -4.85. The van der Waals surface area contributed by atoms with Gasteiger partial charge in [-0.05, 0) is 18.2 Å². The van der Waals surface area contributed by atoms with E-state index in [1.165, 1.54) is 0 Å². The van der Waals surface area contributed by atoms with E-state index in [1.807, 2.05) is 5.32 Å². The molecule has 0 unspecified atom stereocenters. The summed E-state index contributed by atoms with van der Waals surface area (Å²) in [5, 5.41) is 1.91. The molecule has 10 heteroatoms. The molecule has 3 rings (SSSR count). The van der Waals surface area contributed by atoms with Gasteiger partial charge in [0.25, 0.3) is 17.4 Å². The number of nitrogen functional groups attached to an aromatic ring is 1. The predicted molar refractivity (Wildman–Crippen MR) is 73.2 cm³/mol. The van der Waals surface area contributed by atoms with Crippen molar-refractivity contribution in [3.05, 3.63) is 57.1 Å². The Kier molecular flexibility index (Phi) is 3.22. The van der Waals surface area contributed by atoms with Gasteiger partial charge in [-0.2, -0.15) is 13.2 Å². The smallest absolute Gasteiger partial charge is 0.384 e. The average Bonchev–Trinajstić information content (AvgIpc) is 2.72. The van der Waals surface area contributed by atoms with Crippen molar-refractivity contribution >= 4 is 17.6 Å².